The molecule has 0 spiro atoms. The highest BCUT2D eigenvalue weighted by Gasteiger charge is 2.07. The third kappa shape index (κ3) is 3.37. The summed E-state index contributed by atoms with van der Waals surface area (Å²) in [5.41, 5.74) is 7.69. The highest BCUT2D eigenvalue weighted by atomic mass is 16.3. The summed E-state index contributed by atoms with van der Waals surface area (Å²) < 4.78 is 0. The van der Waals surface area contributed by atoms with Gasteiger partial charge in [-0.15, -0.1) is 0 Å². The molecule has 0 amide bonds. The minimum atomic E-state index is -0.0346. The maximum atomic E-state index is 9.75. The Kier molecular flexibility index (Phi) is 4.81. The summed E-state index contributed by atoms with van der Waals surface area (Å²) >= 11 is 0. The van der Waals surface area contributed by atoms with Crippen molar-refractivity contribution in [3.8, 4) is 5.75 Å². The van der Waals surface area contributed by atoms with Crippen LogP contribution in [0.15, 0.2) is 23.2 Å². The summed E-state index contributed by atoms with van der Waals surface area (Å²) in [6, 6.07) is 4.96. The van der Waals surface area contributed by atoms with E-state index in [-0.39, 0.29) is 18.9 Å². The van der Waals surface area contributed by atoms with Crippen molar-refractivity contribution in [3.05, 3.63) is 29.3 Å². The van der Waals surface area contributed by atoms with Crippen molar-refractivity contribution in [3.63, 3.8) is 0 Å². The van der Waals surface area contributed by atoms with Gasteiger partial charge < -0.3 is 21.4 Å². The Morgan fingerprint density at radius 1 is 1.47 bits per heavy atom. The predicted octanol–water partition coefficient (Wildman–Crippen LogP) is 0.520. The lowest BCUT2D eigenvalue weighted by atomic mass is 10.0. The number of benzene rings is 1. The number of nitrogens with two attached hydrogens (primary N) is 1. The topological polar surface area (TPSA) is 103 Å². The second-order valence-electron chi connectivity index (χ2n) is 3.61. The average molecular weight is 235 g/mol. The van der Waals surface area contributed by atoms with E-state index in [0.29, 0.717) is 29.1 Å². The summed E-state index contributed by atoms with van der Waals surface area (Å²) in [4.78, 5) is 4.12. The van der Waals surface area contributed by atoms with E-state index in [2.05, 4.69) is 4.99 Å². The molecule has 0 aliphatic carbocycles. The lowest BCUT2D eigenvalue weighted by Crippen LogP contribution is -2.16. The van der Waals surface area contributed by atoms with Crippen LogP contribution in [0.2, 0.25) is 0 Å². The van der Waals surface area contributed by atoms with E-state index in [1.165, 1.54) is 6.07 Å². The number of rotatable bonds is 5. The first-order chi connectivity index (χ1) is 8.10. The Hall–Kier alpha value is -1.72. The van der Waals surface area contributed by atoms with E-state index in [1.807, 2.05) is 0 Å². The first kappa shape index (κ1) is 13.3. The third-order valence-electron chi connectivity index (χ3n) is 2.33. The quantitative estimate of drug-likeness (QED) is 0.559. The molecule has 0 bridgehead atoms. The zero-order valence-electron chi connectivity index (χ0n) is 9.77. The Morgan fingerprint density at radius 3 is 2.65 bits per heavy atom. The van der Waals surface area contributed by atoms with Crippen molar-refractivity contribution in [2.75, 3.05) is 19.7 Å². The molecule has 5 heteroatoms. The molecule has 0 aromatic heterocycles. The monoisotopic (exact) mass is 235 g/mol. The number of hydrogen-bond acceptors (Lipinski definition) is 5. The minimum Gasteiger partial charge on any atom is -0.507 e. The molecule has 0 radical (unpaired) electrons. The summed E-state index contributed by atoms with van der Waals surface area (Å²) in [6.45, 7) is 2.10. The number of nitrogens with one attached hydrogen (secondary N) is 1. The van der Waals surface area contributed by atoms with Crippen LogP contribution >= 0.6 is 0 Å². The lowest BCUT2D eigenvalue weighted by molar-refractivity contribution is 0.307. The Labute approximate surface area is 100 Å². The highest BCUT2D eigenvalue weighted by molar-refractivity contribution is 6.04. The largest absolute Gasteiger partial charge is 0.507 e. The molecule has 0 aliphatic heterocycles. The first-order valence-corrected chi connectivity index (χ1v) is 5.33. The number of phenolic OH excluding ortho intramolecular Hbond substituents is 1. The Balaban J connectivity index is 3.07. The fourth-order valence-electron chi connectivity index (χ4n) is 1.49. The SMILES string of the molecule is CC(=N)c1ccc(C(CN)=NCCO)cc1O. The molecule has 0 atom stereocenters. The van der Waals surface area contributed by atoms with E-state index in [9.17, 15) is 5.11 Å². The fourth-order valence-corrected chi connectivity index (χ4v) is 1.49. The number of aliphatic imine (C=N–C) groups is 1. The molecule has 5 N–H and O–H groups in total. The van der Waals surface area contributed by atoms with Gasteiger partial charge in [-0.05, 0) is 19.1 Å². The average Bonchev–Trinajstić information content (AvgIpc) is 2.29. The maximum absolute atomic E-state index is 9.75. The molecule has 17 heavy (non-hydrogen) atoms. The summed E-state index contributed by atoms with van der Waals surface area (Å²) in [5.74, 6) is 0.0418. The van der Waals surface area contributed by atoms with Gasteiger partial charge in [0.2, 0.25) is 0 Å². The molecule has 0 aliphatic rings. The molecule has 0 heterocycles. The first-order valence-electron chi connectivity index (χ1n) is 5.33. The van der Waals surface area contributed by atoms with Crippen LogP contribution in [0.1, 0.15) is 18.1 Å². The lowest BCUT2D eigenvalue weighted by Gasteiger charge is -2.07. The van der Waals surface area contributed by atoms with E-state index in [1.54, 1.807) is 19.1 Å². The van der Waals surface area contributed by atoms with Gasteiger partial charge in [-0.2, -0.15) is 0 Å². The van der Waals surface area contributed by atoms with Crippen molar-refractivity contribution < 1.29 is 10.2 Å². The molecule has 0 fully saturated rings. The van der Waals surface area contributed by atoms with Gasteiger partial charge in [-0.3, -0.25) is 4.99 Å². The van der Waals surface area contributed by atoms with Gasteiger partial charge >= 0.3 is 0 Å². The molecular formula is C12H17N3O2. The van der Waals surface area contributed by atoms with Gasteiger partial charge in [0.1, 0.15) is 5.75 Å². The van der Waals surface area contributed by atoms with Crippen molar-refractivity contribution >= 4 is 11.4 Å². The Morgan fingerprint density at radius 2 is 2.18 bits per heavy atom. The number of aromatic hydroxyl groups is 1. The summed E-state index contributed by atoms with van der Waals surface area (Å²) in [7, 11) is 0. The van der Waals surface area contributed by atoms with Crippen molar-refractivity contribution in [2.24, 2.45) is 10.7 Å². The van der Waals surface area contributed by atoms with E-state index in [0.717, 1.165) is 0 Å². The van der Waals surface area contributed by atoms with Crippen LogP contribution in [0.3, 0.4) is 0 Å². The van der Waals surface area contributed by atoms with Gasteiger partial charge in [0.25, 0.3) is 0 Å². The maximum Gasteiger partial charge on any atom is 0.125 e. The molecule has 5 nitrogen and oxygen atoms in total. The van der Waals surface area contributed by atoms with Crippen LogP contribution in [-0.2, 0) is 0 Å². The summed E-state index contributed by atoms with van der Waals surface area (Å²) in [6.07, 6.45) is 0. The normalized spacial score (nSPS) is 11.6. The zero-order valence-corrected chi connectivity index (χ0v) is 9.77. The molecule has 0 saturated heterocycles. The standard InChI is InChI=1S/C12H17N3O2/c1-8(14)10-3-2-9(6-12(10)17)11(7-13)15-4-5-16/h2-3,6,14,16-17H,4-5,7,13H2,1H3. The number of nitrogens with zero attached hydrogens (tertiary/aromatic N) is 1. The van der Waals surface area contributed by atoms with Crippen LogP contribution in [0, 0.1) is 5.41 Å². The smallest absolute Gasteiger partial charge is 0.125 e. The van der Waals surface area contributed by atoms with Crippen LogP contribution in [0.4, 0.5) is 0 Å². The van der Waals surface area contributed by atoms with Crippen molar-refractivity contribution in [1.82, 2.24) is 0 Å². The minimum absolute atomic E-state index is 0.0346. The van der Waals surface area contributed by atoms with Gasteiger partial charge in [0, 0.05) is 23.4 Å². The predicted molar refractivity (Wildman–Crippen MR) is 68.2 cm³/mol. The molecular weight excluding hydrogens is 218 g/mol. The van der Waals surface area contributed by atoms with E-state index >= 15 is 0 Å². The molecule has 1 aromatic rings. The number of aliphatic hydroxyl groups is 1. The number of hydrogen-bond donors (Lipinski definition) is 4. The number of phenols is 1. The van der Waals surface area contributed by atoms with Crippen LogP contribution in [0.5, 0.6) is 5.75 Å². The highest BCUT2D eigenvalue weighted by Crippen LogP contribution is 2.19. The van der Waals surface area contributed by atoms with E-state index in [4.69, 9.17) is 16.2 Å². The van der Waals surface area contributed by atoms with Crippen molar-refractivity contribution in [1.29, 1.82) is 5.41 Å². The second-order valence-corrected chi connectivity index (χ2v) is 3.61. The molecule has 1 rings (SSSR count). The van der Waals surface area contributed by atoms with Gasteiger partial charge in [0.15, 0.2) is 0 Å². The number of aliphatic hydroxyl groups excluding tert-OH is 1. The zero-order chi connectivity index (χ0) is 12.8. The fraction of sp³-hybridized carbons (Fsp3) is 0.333. The second kappa shape index (κ2) is 6.12. The van der Waals surface area contributed by atoms with E-state index < -0.39 is 0 Å². The van der Waals surface area contributed by atoms with Gasteiger partial charge in [0.05, 0.1) is 18.9 Å². The third-order valence-corrected chi connectivity index (χ3v) is 2.33. The van der Waals surface area contributed by atoms with Crippen LogP contribution in [0.25, 0.3) is 0 Å². The molecule has 0 unspecified atom stereocenters. The molecule has 92 valence electrons. The van der Waals surface area contributed by atoms with Crippen molar-refractivity contribution in [2.45, 2.75) is 6.92 Å². The van der Waals surface area contributed by atoms with Gasteiger partial charge in [-0.25, -0.2) is 0 Å². The van der Waals surface area contributed by atoms with Crippen LogP contribution < -0.4 is 5.73 Å². The Bertz CT molecular complexity index is 441. The summed E-state index contributed by atoms with van der Waals surface area (Å²) in [5, 5.41) is 25.9. The molecule has 0 saturated carbocycles. The van der Waals surface area contributed by atoms with Crippen LogP contribution in [-0.4, -0.2) is 41.3 Å². The van der Waals surface area contributed by atoms with Gasteiger partial charge in [-0.1, -0.05) is 6.07 Å². The molecule has 1 aromatic carbocycles.